The zero-order valence-electron chi connectivity index (χ0n) is 13.3. The van der Waals surface area contributed by atoms with Crippen molar-refractivity contribution in [2.75, 3.05) is 40.8 Å². The molecular formula is C17H26N2O2. The largest absolute Gasteiger partial charge is 0.469 e. The van der Waals surface area contributed by atoms with Gasteiger partial charge in [0, 0.05) is 19.1 Å². The van der Waals surface area contributed by atoms with Crippen LogP contribution in [0.25, 0.3) is 0 Å². The first-order chi connectivity index (χ1) is 10.1. The topological polar surface area (TPSA) is 32.8 Å². The van der Waals surface area contributed by atoms with Crippen molar-refractivity contribution in [1.29, 1.82) is 0 Å². The van der Waals surface area contributed by atoms with Crippen molar-refractivity contribution in [3.05, 3.63) is 35.9 Å². The van der Waals surface area contributed by atoms with Gasteiger partial charge in [-0.1, -0.05) is 30.3 Å². The van der Waals surface area contributed by atoms with Gasteiger partial charge >= 0.3 is 5.97 Å². The van der Waals surface area contributed by atoms with Crippen molar-refractivity contribution in [3.8, 4) is 0 Å². The predicted molar refractivity (Wildman–Crippen MR) is 84.3 cm³/mol. The SMILES string of the molecule is COC(=O)C(CN1CCCC(N(C)C)C1)c1ccccc1. The molecule has 0 saturated carbocycles. The molecule has 0 aromatic heterocycles. The molecule has 0 bridgehead atoms. The Morgan fingerprint density at radius 1 is 1.38 bits per heavy atom. The Hall–Kier alpha value is -1.39. The lowest BCUT2D eigenvalue weighted by atomic mass is 9.96. The molecule has 4 heteroatoms. The number of hydrogen-bond donors (Lipinski definition) is 0. The van der Waals surface area contributed by atoms with Gasteiger partial charge in [-0.05, 0) is 39.0 Å². The Morgan fingerprint density at radius 2 is 2.10 bits per heavy atom. The number of carbonyl (C=O) groups excluding carboxylic acids is 1. The van der Waals surface area contributed by atoms with Crippen LogP contribution < -0.4 is 0 Å². The van der Waals surface area contributed by atoms with E-state index in [-0.39, 0.29) is 11.9 Å². The molecule has 1 saturated heterocycles. The van der Waals surface area contributed by atoms with Crippen LogP contribution in [0, 0.1) is 0 Å². The first-order valence-electron chi connectivity index (χ1n) is 7.63. The van der Waals surface area contributed by atoms with Gasteiger partial charge in [0.25, 0.3) is 0 Å². The molecule has 1 aromatic carbocycles. The third kappa shape index (κ3) is 4.29. The smallest absolute Gasteiger partial charge is 0.314 e. The minimum Gasteiger partial charge on any atom is -0.469 e. The minimum absolute atomic E-state index is 0.145. The van der Waals surface area contributed by atoms with E-state index < -0.39 is 0 Å². The maximum atomic E-state index is 12.1. The van der Waals surface area contributed by atoms with Crippen molar-refractivity contribution in [3.63, 3.8) is 0 Å². The summed E-state index contributed by atoms with van der Waals surface area (Å²) in [5.74, 6) is -0.342. The number of likely N-dealkylation sites (N-methyl/N-ethyl adjacent to an activating group) is 1. The highest BCUT2D eigenvalue weighted by Crippen LogP contribution is 2.22. The number of carbonyl (C=O) groups is 1. The Labute approximate surface area is 127 Å². The third-order valence-electron chi connectivity index (χ3n) is 4.34. The molecule has 2 unspecified atom stereocenters. The number of esters is 1. The van der Waals surface area contributed by atoms with Crippen molar-refractivity contribution in [1.82, 2.24) is 9.80 Å². The zero-order valence-corrected chi connectivity index (χ0v) is 13.3. The maximum Gasteiger partial charge on any atom is 0.314 e. The van der Waals surface area contributed by atoms with Crippen LogP contribution >= 0.6 is 0 Å². The van der Waals surface area contributed by atoms with Crippen LogP contribution in [0.1, 0.15) is 24.3 Å². The van der Waals surface area contributed by atoms with E-state index in [1.54, 1.807) is 0 Å². The van der Waals surface area contributed by atoms with Crippen LogP contribution in [-0.4, -0.2) is 62.7 Å². The lowest BCUT2D eigenvalue weighted by Gasteiger charge is -2.37. The van der Waals surface area contributed by atoms with Crippen LogP contribution in [-0.2, 0) is 9.53 Å². The summed E-state index contributed by atoms with van der Waals surface area (Å²) < 4.78 is 5.01. The second-order valence-corrected chi connectivity index (χ2v) is 6.01. The second kappa shape index (κ2) is 7.57. The highest BCUT2D eigenvalue weighted by atomic mass is 16.5. The molecule has 0 aliphatic carbocycles. The highest BCUT2D eigenvalue weighted by molar-refractivity contribution is 5.78. The lowest BCUT2D eigenvalue weighted by Crippen LogP contribution is -2.47. The van der Waals surface area contributed by atoms with Gasteiger partial charge in [-0.15, -0.1) is 0 Å². The van der Waals surface area contributed by atoms with Gasteiger partial charge in [0.15, 0.2) is 0 Å². The van der Waals surface area contributed by atoms with Crippen LogP contribution in [0.3, 0.4) is 0 Å². The highest BCUT2D eigenvalue weighted by Gasteiger charge is 2.28. The molecule has 4 nitrogen and oxygen atoms in total. The van der Waals surface area contributed by atoms with E-state index in [1.165, 1.54) is 20.0 Å². The molecule has 116 valence electrons. The van der Waals surface area contributed by atoms with Crippen molar-refractivity contribution < 1.29 is 9.53 Å². The molecule has 2 atom stereocenters. The van der Waals surface area contributed by atoms with Gasteiger partial charge in [0.1, 0.15) is 0 Å². The first kappa shape index (κ1) is 16.0. The van der Waals surface area contributed by atoms with Crippen LogP contribution in [0.15, 0.2) is 30.3 Å². The Kier molecular flexibility index (Phi) is 5.76. The molecule has 0 amide bonds. The number of likely N-dealkylation sites (tertiary alicyclic amines) is 1. The minimum atomic E-state index is -0.197. The molecule has 0 N–H and O–H groups in total. The first-order valence-corrected chi connectivity index (χ1v) is 7.63. The number of nitrogens with zero attached hydrogens (tertiary/aromatic N) is 2. The summed E-state index contributed by atoms with van der Waals surface area (Å²) in [7, 11) is 5.73. The van der Waals surface area contributed by atoms with Crippen LogP contribution in [0.2, 0.25) is 0 Å². The number of methoxy groups -OCH3 is 1. The van der Waals surface area contributed by atoms with Gasteiger partial charge in [0.05, 0.1) is 13.0 Å². The number of rotatable bonds is 5. The monoisotopic (exact) mass is 290 g/mol. The Bertz CT molecular complexity index is 447. The van der Waals surface area contributed by atoms with E-state index in [2.05, 4.69) is 23.9 Å². The second-order valence-electron chi connectivity index (χ2n) is 6.01. The van der Waals surface area contributed by atoms with E-state index in [4.69, 9.17) is 4.74 Å². The fourth-order valence-corrected chi connectivity index (χ4v) is 3.02. The van der Waals surface area contributed by atoms with Crippen LogP contribution in [0.5, 0.6) is 0 Å². The summed E-state index contributed by atoms with van der Waals surface area (Å²) in [5.41, 5.74) is 1.04. The molecule has 0 radical (unpaired) electrons. The molecular weight excluding hydrogens is 264 g/mol. The normalized spacial score (nSPS) is 21.2. The third-order valence-corrected chi connectivity index (χ3v) is 4.34. The average molecular weight is 290 g/mol. The zero-order chi connectivity index (χ0) is 15.2. The summed E-state index contributed by atoms with van der Waals surface area (Å²) in [6.07, 6.45) is 2.42. The van der Waals surface area contributed by atoms with E-state index in [0.717, 1.165) is 25.2 Å². The van der Waals surface area contributed by atoms with Gasteiger partial charge in [-0.25, -0.2) is 0 Å². The number of piperidine rings is 1. The van der Waals surface area contributed by atoms with E-state index >= 15 is 0 Å². The molecule has 1 aromatic rings. The number of ether oxygens (including phenoxy) is 1. The predicted octanol–water partition coefficient (Wildman–Crippen LogP) is 1.97. The molecule has 0 spiro atoms. The Morgan fingerprint density at radius 3 is 2.71 bits per heavy atom. The Balaban J connectivity index is 2.07. The van der Waals surface area contributed by atoms with Gasteiger partial charge < -0.3 is 14.5 Å². The summed E-state index contributed by atoms with van der Waals surface area (Å²) in [4.78, 5) is 16.8. The van der Waals surface area contributed by atoms with Gasteiger partial charge in [-0.3, -0.25) is 4.79 Å². The molecule has 1 aliphatic heterocycles. The molecule has 1 heterocycles. The number of hydrogen-bond acceptors (Lipinski definition) is 4. The molecule has 21 heavy (non-hydrogen) atoms. The average Bonchev–Trinajstić information content (AvgIpc) is 2.53. The summed E-state index contributed by atoms with van der Waals surface area (Å²) >= 11 is 0. The van der Waals surface area contributed by atoms with Crippen molar-refractivity contribution >= 4 is 5.97 Å². The summed E-state index contributed by atoms with van der Waals surface area (Å²) in [6, 6.07) is 10.5. The standard InChI is InChI=1S/C17H26N2O2/c1-18(2)15-10-7-11-19(12-15)13-16(17(20)21-3)14-8-5-4-6-9-14/h4-6,8-9,15-16H,7,10-13H2,1-3H3. The van der Waals surface area contributed by atoms with E-state index in [1.807, 2.05) is 30.3 Å². The molecule has 1 aliphatic rings. The maximum absolute atomic E-state index is 12.1. The van der Waals surface area contributed by atoms with Crippen LogP contribution in [0.4, 0.5) is 0 Å². The van der Waals surface area contributed by atoms with E-state index in [9.17, 15) is 4.79 Å². The summed E-state index contributed by atoms with van der Waals surface area (Å²) in [5, 5.41) is 0. The fourth-order valence-electron chi connectivity index (χ4n) is 3.02. The molecule has 1 fully saturated rings. The van der Waals surface area contributed by atoms with E-state index in [0.29, 0.717) is 6.04 Å². The summed E-state index contributed by atoms with van der Waals surface area (Å²) in [6.45, 7) is 2.82. The molecule has 2 rings (SSSR count). The van der Waals surface area contributed by atoms with Gasteiger partial charge in [-0.2, -0.15) is 0 Å². The quantitative estimate of drug-likeness (QED) is 0.776. The number of benzene rings is 1. The van der Waals surface area contributed by atoms with Gasteiger partial charge in [0.2, 0.25) is 0 Å². The van der Waals surface area contributed by atoms with Crippen molar-refractivity contribution in [2.24, 2.45) is 0 Å². The lowest BCUT2D eigenvalue weighted by molar-refractivity contribution is -0.143. The van der Waals surface area contributed by atoms with Crippen molar-refractivity contribution in [2.45, 2.75) is 24.8 Å². The fraction of sp³-hybridized carbons (Fsp3) is 0.588.